The van der Waals surface area contributed by atoms with Crippen molar-refractivity contribution < 1.29 is 5.11 Å². The summed E-state index contributed by atoms with van der Waals surface area (Å²) in [5.74, 6) is 0. The second-order valence-corrected chi connectivity index (χ2v) is 2.87. The van der Waals surface area contributed by atoms with E-state index in [2.05, 4.69) is 0 Å². The molecule has 0 heterocycles. The highest BCUT2D eigenvalue weighted by molar-refractivity contribution is 6.30. The maximum atomic E-state index is 10.1. The number of rotatable bonds is 3. The summed E-state index contributed by atoms with van der Waals surface area (Å²) in [7, 11) is 0. The highest BCUT2D eigenvalue weighted by Crippen LogP contribution is 2.10. The van der Waals surface area contributed by atoms with Gasteiger partial charge in [-0.25, -0.2) is 5.11 Å². The van der Waals surface area contributed by atoms with E-state index in [1.165, 1.54) is 5.56 Å². The molecule has 0 aliphatic rings. The lowest BCUT2D eigenvalue weighted by molar-refractivity contribution is 0.189. The molecule has 0 fully saturated rings. The molecule has 0 saturated heterocycles. The molecule has 0 amide bonds. The SMILES string of the molecule is [O]CCCc1ccc(Cl)cc1. The lowest BCUT2D eigenvalue weighted by Crippen LogP contribution is -1.87. The zero-order valence-corrected chi connectivity index (χ0v) is 6.97. The van der Waals surface area contributed by atoms with E-state index in [4.69, 9.17) is 11.6 Å². The van der Waals surface area contributed by atoms with E-state index < -0.39 is 0 Å². The highest BCUT2D eigenvalue weighted by Gasteiger charge is 1.91. The Kier molecular flexibility index (Phi) is 3.40. The average molecular weight is 170 g/mol. The molecule has 0 aliphatic carbocycles. The van der Waals surface area contributed by atoms with Crippen molar-refractivity contribution in [3.63, 3.8) is 0 Å². The predicted octanol–water partition coefficient (Wildman–Crippen LogP) is 2.70. The van der Waals surface area contributed by atoms with Gasteiger partial charge in [0.1, 0.15) is 0 Å². The van der Waals surface area contributed by atoms with Crippen molar-refractivity contribution in [3.8, 4) is 0 Å². The van der Waals surface area contributed by atoms with Gasteiger partial charge in [-0.2, -0.15) is 0 Å². The van der Waals surface area contributed by atoms with Gasteiger partial charge in [0.05, 0.1) is 6.61 Å². The van der Waals surface area contributed by atoms with Crippen LogP contribution < -0.4 is 0 Å². The first-order valence-electron chi connectivity index (χ1n) is 3.65. The number of hydrogen-bond acceptors (Lipinski definition) is 0. The van der Waals surface area contributed by atoms with Gasteiger partial charge in [-0.3, -0.25) is 0 Å². The summed E-state index contributed by atoms with van der Waals surface area (Å²) in [5, 5.41) is 10.9. The van der Waals surface area contributed by atoms with Crippen LogP contribution in [0, 0.1) is 0 Å². The number of benzene rings is 1. The molecule has 11 heavy (non-hydrogen) atoms. The Morgan fingerprint density at radius 2 is 1.82 bits per heavy atom. The summed E-state index contributed by atoms with van der Waals surface area (Å²) in [4.78, 5) is 0. The smallest absolute Gasteiger partial charge is 0.0825 e. The minimum Gasteiger partial charge on any atom is -0.237 e. The maximum Gasteiger partial charge on any atom is 0.0825 e. The summed E-state index contributed by atoms with van der Waals surface area (Å²) >= 11 is 5.68. The second-order valence-electron chi connectivity index (χ2n) is 2.43. The Balaban J connectivity index is 2.52. The van der Waals surface area contributed by atoms with Gasteiger partial charge in [0, 0.05) is 5.02 Å². The molecule has 0 saturated carbocycles. The van der Waals surface area contributed by atoms with Crippen molar-refractivity contribution in [1.82, 2.24) is 0 Å². The maximum absolute atomic E-state index is 10.1. The molecule has 1 rings (SSSR count). The van der Waals surface area contributed by atoms with Gasteiger partial charge >= 0.3 is 0 Å². The molecule has 0 aromatic heterocycles. The summed E-state index contributed by atoms with van der Waals surface area (Å²) in [6.07, 6.45) is 1.57. The lowest BCUT2D eigenvalue weighted by atomic mass is 10.1. The molecular weight excluding hydrogens is 160 g/mol. The summed E-state index contributed by atoms with van der Waals surface area (Å²) in [5.41, 5.74) is 1.19. The predicted molar refractivity (Wildman–Crippen MR) is 45.3 cm³/mol. The Morgan fingerprint density at radius 1 is 1.18 bits per heavy atom. The normalized spacial score (nSPS) is 10.0. The second kappa shape index (κ2) is 4.37. The van der Waals surface area contributed by atoms with Gasteiger partial charge < -0.3 is 0 Å². The van der Waals surface area contributed by atoms with Crippen molar-refractivity contribution in [2.24, 2.45) is 0 Å². The third kappa shape index (κ3) is 2.91. The summed E-state index contributed by atoms with van der Waals surface area (Å²) in [6, 6.07) is 7.61. The average Bonchev–Trinajstić information content (AvgIpc) is 2.04. The molecular formula is C9H10ClO. The Morgan fingerprint density at radius 3 is 2.36 bits per heavy atom. The molecule has 1 radical (unpaired) electrons. The van der Waals surface area contributed by atoms with Crippen molar-refractivity contribution in [2.45, 2.75) is 12.8 Å². The molecule has 0 unspecified atom stereocenters. The first-order valence-corrected chi connectivity index (χ1v) is 4.03. The van der Waals surface area contributed by atoms with Crippen LogP contribution in [-0.4, -0.2) is 6.61 Å². The monoisotopic (exact) mass is 169 g/mol. The van der Waals surface area contributed by atoms with E-state index in [9.17, 15) is 5.11 Å². The highest BCUT2D eigenvalue weighted by atomic mass is 35.5. The molecule has 0 bridgehead atoms. The fourth-order valence-electron chi connectivity index (χ4n) is 0.927. The summed E-state index contributed by atoms with van der Waals surface area (Å²) < 4.78 is 0. The van der Waals surface area contributed by atoms with E-state index in [0.717, 1.165) is 11.4 Å². The number of halogens is 1. The van der Waals surface area contributed by atoms with Gasteiger partial charge in [0.25, 0.3) is 0 Å². The topological polar surface area (TPSA) is 19.9 Å². The number of aryl methyl sites for hydroxylation is 1. The van der Waals surface area contributed by atoms with Crippen LogP contribution in [0.1, 0.15) is 12.0 Å². The van der Waals surface area contributed by atoms with Gasteiger partial charge in [0.15, 0.2) is 0 Å². The third-order valence-electron chi connectivity index (χ3n) is 1.52. The van der Waals surface area contributed by atoms with Crippen LogP contribution >= 0.6 is 11.6 Å². The van der Waals surface area contributed by atoms with E-state index >= 15 is 0 Å². The molecule has 1 aromatic rings. The van der Waals surface area contributed by atoms with Crippen LogP contribution in [-0.2, 0) is 11.5 Å². The minimum atomic E-state index is 0.00261. The fraction of sp³-hybridized carbons (Fsp3) is 0.333. The van der Waals surface area contributed by atoms with Gasteiger partial charge in [-0.05, 0) is 30.5 Å². The Hall–Kier alpha value is -0.530. The van der Waals surface area contributed by atoms with Crippen LogP contribution in [0.25, 0.3) is 0 Å². The molecule has 0 atom stereocenters. The molecule has 2 heteroatoms. The molecule has 0 aliphatic heterocycles. The van der Waals surface area contributed by atoms with Crippen molar-refractivity contribution in [2.75, 3.05) is 6.61 Å². The standard InChI is InChI=1S/C9H10ClO/c10-9-5-3-8(4-6-9)2-1-7-11/h3-6H,1-2,7H2. The third-order valence-corrected chi connectivity index (χ3v) is 1.78. The zero-order chi connectivity index (χ0) is 8.10. The fourth-order valence-corrected chi connectivity index (χ4v) is 1.05. The zero-order valence-electron chi connectivity index (χ0n) is 6.22. The van der Waals surface area contributed by atoms with E-state index in [0.29, 0.717) is 6.42 Å². The Bertz CT molecular complexity index is 205. The van der Waals surface area contributed by atoms with Crippen molar-refractivity contribution in [3.05, 3.63) is 34.9 Å². The van der Waals surface area contributed by atoms with Crippen LogP contribution in [0.15, 0.2) is 24.3 Å². The molecule has 0 N–H and O–H groups in total. The molecule has 59 valence electrons. The van der Waals surface area contributed by atoms with Crippen LogP contribution in [0.4, 0.5) is 0 Å². The Labute approximate surface area is 71.6 Å². The largest absolute Gasteiger partial charge is 0.237 e. The van der Waals surface area contributed by atoms with Crippen molar-refractivity contribution in [1.29, 1.82) is 0 Å². The summed E-state index contributed by atoms with van der Waals surface area (Å²) in [6.45, 7) is 0.00261. The quantitative estimate of drug-likeness (QED) is 0.663. The van der Waals surface area contributed by atoms with Crippen molar-refractivity contribution >= 4 is 11.6 Å². The van der Waals surface area contributed by atoms with E-state index in [1.54, 1.807) is 0 Å². The van der Waals surface area contributed by atoms with Crippen LogP contribution in [0.2, 0.25) is 5.02 Å². The van der Waals surface area contributed by atoms with Gasteiger partial charge in [-0.15, -0.1) is 0 Å². The first-order chi connectivity index (χ1) is 5.33. The van der Waals surface area contributed by atoms with Crippen LogP contribution in [0.3, 0.4) is 0 Å². The number of hydrogen-bond donors (Lipinski definition) is 0. The van der Waals surface area contributed by atoms with E-state index in [1.807, 2.05) is 24.3 Å². The van der Waals surface area contributed by atoms with Gasteiger partial charge in [-0.1, -0.05) is 23.7 Å². The first kappa shape index (κ1) is 8.57. The van der Waals surface area contributed by atoms with Crippen LogP contribution in [0.5, 0.6) is 0 Å². The molecule has 0 spiro atoms. The van der Waals surface area contributed by atoms with Gasteiger partial charge in [0.2, 0.25) is 0 Å². The molecule has 1 aromatic carbocycles. The minimum absolute atomic E-state index is 0.00261. The lowest BCUT2D eigenvalue weighted by Gasteiger charge is -1.97. The molecule has 1 nitrogen and oxygen atoms in total. The van der Waals surface area contributed by atoms with E-state index in [-0.39, 0.29) is 6.61 Å².